The maximum Gasteiger partial charge on any atom is 0.419 e. The minimum Gasteiger partial charge on any atom is -0.206 e. The van der Waals surface area contributed by atoms with Crippen LogP contribution in [0.4, 0.5) is 17.6 Å². The molecule has 0 bridgehead atoms. The summed E-state index contributed by atoms with van der Waals surface area (Å²) in [5.74, 6) is -1.22. The van der Waals surface area contributed by atoms with Crippen LogP contribution in [0.15, 0.2) is 18.2 Å². The van der Waals surface area contributed by atoms with Crippen LogP contribution < -0.4 is 0 Å². The van der Waals surface area contributed by atoms with E-state index in [9.17, 15) is 17.6 Å². The summed E-state index contributed by atoms with van der Waals surface area (Å²) in [5, 5.41) is 0. The van der Waals surface area contributed by atoms with E-state index in [1.54, 1.807) is 6.92 Å². The summed E-state index contributed by atoms with van der Waals surface area (Å²) in [7, 11) is 0. The molecule has 0 aliphatic carbocycles. The van der Waals surface area contributed by atoms with Crippen molar-refractivity contribution < 1.29 is 17.6 Å². The number of hydrogen-bond acceptors (Lipinski definition) is 0. The summed E-state index contributed by atoms with van der Waals surface area (Å²) < 4.78 is 49.1. The Morgan fingerprint density at radius 1 is 1.23 bits per heavy atom. The summed E-state index contributed by atoms with van der Waals surface area (Å²) in [6.45, 7) is 1.72. The highest BCUT2D eigenvalue weighted by Gasteiger charge is 2.33. The van der Waals surface area contributed by atoms with Crippen LogP contribution in [-0.4, -0.2) is 0 Å². The Balaban J connectivity index is 3.19. The molecule has 4 heteroatoms. The average molecular weight is 191 g/mol. The first-order valence-corrected chi connectivity index (χ1v) is 3.80. The predicted molar refractivity (Wildman–Crippen MR) is 40.8 cm³/mol. The molecule has 0 fully saturated rings. The summed E-state index contributed by atoms with van der Waals surface area (Å²) in [6, 6.07) is 3.04. The number of halogens is 4. The smallest absolute Gasteiger partial charge is 0.206 e. The zero-order chi connectivity index (χ0) is 10.1. The van der Waals surface area contributed by atoms with Crippen LogP contribution in [0.3, 0.4) is 0 Å². The van der Waals surface area contributed by atoms with Crippen LogP contribution in [0.2, 0.25) is 0 Å². The highest BCUT2D eigenvalue weighted by atomic mass is 19.4. The van der Waals surface area contributed by atoms with E-state index < -0.39 is 17.6 Å². The quantitative estimate of drug-likeness (QED) is 0.597. The molecule has 0 unspecified atom stereocenters. The van der Waals surface area contributed by atoms with Crippen LogP contribution in [0.25, 0.3) is 0 Å². The number of aryl methyl sites for hydroxylation is 1. The zero-order valence-corrected chi connectivity index (χ0v) is 6.95. The second-order valence-corrected chi connectivity index (χ2v) is 2.67. The molecule has 0 aliphatic rings. The number of hydrogen-bond donors (Lipinski definition) is 0. The lowest BCUT2D eigenvalue weighted by molar-refractivity contribution is -0.140. The molecule has 0 saturated heterocycles. The molecule has 1 aromatic carbocycles. The van der Waals surface area contributed by atoms with Crippen LogP contribution in [0.5, 0.6) is 0 Å². The third-order valence-electron chi connectivity index (χ3n) is 1.74. The van der Waals surface area contributed by atoms with Gasteiger partial charge in [-0.1, -0.05) is 13.0 Å². The van der Waals surface area contributed by atoms with E-state index in [4.69, 9.17) is 0 Å². The Bertz CT molecular complexity index is 301. The van der Waals surface area contributed by atoms with E-state index in [-0.39, 0.29) is 0 Å². The van der Waals surface area contributed by atoms with Gasteiger partial charge in [0, 0.05) is 0 Å². The van der Waals surface area contributed by atoms with Crippen LogP contribution in [-0.2, 0) is 12.6 Å². The molecule has 0 saturated carbocycles. The van der Waals surface area contributed by atoms with Gasteiger partial charge in [0.25, 0.3) is 0 Å². The standard InChI is InChI=1S/C9H8F4/c1-2-6-3-4-8(10)7(5-6)9(11,12)13/h3-5H,2H2,1H3/i10-1. The van der Waals surface area contributed by atoms with E-state index in [1.165, 1.54) is 6.07 Å². The van der Waals surface area contributed by atoms with Crippen molar-refractivity contribution in [1.82, 2.24) is 0 Å². The first-order valence-electron chi connectivity index (χ1n) is 3.80. The van der Waals surface area contributed by atoms with Gasteiger partial charge < -0.3 is 0 Å². The van der Waals surface area contributed by atoms with Gasteiger partial charge in [0.2, 0.25) is 0 Å². The van der Waals surface area contributed by atoms with Crippen molar-refractivity contribution >= 4 is 0 Å². The van der Waals surface area contributed by atoms with Gasteiger partial charge in [-0.3, -0.25) is 0 Å². The molecule has 13 heavy (non-hydrogen) atoms. The summed E-state index contributed by atoms with van der Waals surface area (Å²) >= 11 is 0. The second kappa shape index (κ2) is 3.36. The molecule has 0 heterocycles. The topological polar surface area (TPSA) is 0 Å². The molecule has 0 spiro atoms. The summed E-state index contributed by atoms with van der Waals surface area (Å²) in [5.41, 5.74) is -0.708. The minimum absolute atomic E-state index is 0.462. The van der Waals surface area contributed by atoms with Gasteiger partial charge in [-0.2, -0.15) is 13.2 Å². The Morgan fingerprint density at radius 2 is 1.85 bits per heavy atom. The fourth-order valence-electron chi connectivity index (χ4n) is 1.01. The second-order valence-electron chi connectivity index (χ2n) is 2.67. The predicted octanol–water partition coefficient (Wildman–Crippen LogP) is 3.41. The molecular weight excluding hydrogens is 183 g/mol. The van der Waals surface area contributed by atoms with Crippen molar-refractivity contribution in [2.75, 3.05) is 0 Å². The molecule has 0 aromatic heterocycles. The van der Waals surface area contributed by atoms with Gasteiger partial charge in [-0.25, -0.2) is 4.39 Å². The third kappa shape index (κ3) is 2.20. The molecule has 0 atom stereocenters. The van der Waals surface area contributed by atoms with E-state index in [2.05, 4.69) is 0 Å². The maximum atomic E-state index is 12.7. The van der Waals surface area contributed by atoms with Gasteiger partial charge in [-0.15, -0.1) is 0 Å². The third-order valence-corrected chi connectivity index (χ3v) is 1.74. The SMILES string of the molecule is CCc1ccc([18F])c(C(F)(F)F)c1. The monoisotopic (exact) mass is 191 g/mol. The summed E-state index contributed by atoms with van der Waals surface area (Å²) in [6.07, 6.45) is -4.14. The largest absolute Gasteiger partial charge is 0.419 e. The van der Waals surface area contributed by atoms with Gasteiger partial charge in [0.05, 0.1) is 5.56 Å². The van der Waals surface area contributed by atoms with Gasteiger partial charge in [0.15, 0.2) is 0 Å². The van der Waals surface area contributed by atoms with Crippen LogP contribution in [0.1, 0.15) is 18.1 Å². The number of benzene rings is 1. The normalized spacial score (nSPS) is 11.8. The Morgan fingerprint density at radius 3 is 2.31 bits per heavy atom. The first kappa shape index (κ1) is 10.0. The fraction of sp³-hybridized carbons (Fsp3) is 0.333. The Hall–Kier alpha value is -1.06. The summed E-state index contributed by atoms with van der Waals surface area (Å²) in [4.78, 5) is 0. The highest BCUT2D eigenvalue weighted by molar-refractivity contribution is 5.27. The van der Waals surface area contributed by atoms with E-state index in [1.807, 2.05) is 0 Å². The average Bonchev–Trinajstić information content (AvgIpc) is 2.03. The lowest BCUT2D eigenvalue weighted by Gasteiger charge is -2.08. The minimum atomic E-state index is -4.60. The lowest BCUT2D eigenvalue weighted by Crippen LogP contribution is -2.08. The lowest BCUT2D eigenvalue weighted by atomic mass is 10.1. The van der Waals surface area contributed by atoms with E-state index >= 15 is 0 Å². The van der Waals surface area contributed by atoms with Crippen molar-refractivity contribution in [3.8, 4) is 0 Å². The maximum absolute atomic E-state index is 12.7. The van der Waals surface area contributed by atoms with Crippen LogP contribution >= 0.6 is 0 Å². The van der Waals surface area contributed by atoms with Crippen molar-refractivity contribution in [2.45, 2.75) is 19.5 Å². The first-order chi connectivity index (χ1) is 5.95. The Labute approximate surface area is 73.2 Å². The van der Waals surface area contributed by atoms with Crippen molar-refractivity contribution in [3.63, 3.8) is 0 Å². The van der Waals surface area contributed by atoms with Crippen molar-refractivity contribution in [3.05, 3.63) is 35.1 Å². The molecule has 0 nitrogen and oxygen atoms in total. The highest BCUT2D eigenvalue weighted by Crippen LogP contribution is 2.31. The molecule has 1 aromatic rings. The fourth-order valence-corrected chi connectivity index (χ4v) is 1.01. The van der Waals surface area contributed by atoms with E-state index in [0.29, 0.717) is 12.0 Å². The molecule has 0 amide bonds. The molecule has 0 aliphatic heterocycles. The van der Waals surface area contributed by atoms with E-state index in [0.717, 1.165) is 12.1 Å². The van der Waals surface area contributed by atoms with Gasteiger partial charge >= 0.3 is 6.18 Å². The van der Waals surface area contributed by atoms with Gasteiger partial charge in [-0.05, 0) is 24.1 Å². The number of alkyl halides is 3. The zero-order valence-electron chi connectivity index (χ0n) is 6.95. The molecular formula is C9H8F4. The van der Waals surface area contributed by atoms with Crippen LogP contribution in [0, 0.1) is 5.82 Å². The molecule has 0 radical (unpaired) electrons. The van der Waals surface area contributed by atoms with Crippen molar-refractivity contribution in [1.29, 1.82) is 0 Å². The van der Waals surface area contributed by atoms with Crippen molar-refractivity contribution in [2.24, 2.45) is 0 Å². The molecule has 0 N–H and O–H groups in total. The van der Waals surface area contributed by atoms with Gasteiger partial charge in [0.1, 0.15) is 5.82 Å². The number of rotatable bonds is 1. The Kier molecular flexibility index (Phi) is 2.59. The molecule has 72 valence electrons. The molecule has 1 rings (SSSR count).